The number of ether oxygens (including phenoxy) is 1. The Labute approximate surface area is 134 Å². The van der Waals surface area contributed by atoms with Crippen LogP contribution in [0, 0.1) is 0 Å². The van der Waals surface area contributed by atoms with Gasteiger partial charge in [-0.05, 0) is 37.1 Å². The average molecular weight is 347 g/mol. The molecule has 1 amide bonds. The molecular weight excluding hydrogens is 328 g/mol. The number of sulfone groups is 1. The maximum Gasteiger partial charge on any atom is 0.255 e. The molecule has 0 atom stereocenters. The molecule has 0 bridgehead atoms. The van der Waals surface area contributed by atoms with Crippen LogP contribution in [0.3, 0.4) is 0 Å². The molecule has 1 aromatic rings. The molecule has 0 spiro atoms. The van der Waals surface area contributed by atoms with Gasteiger partial charge in [0.05, 0.1) is 23.8 Å². The van der Waals surface area contributed by atoms with Crippen molar-refractivity contribution in [2.45, 2.75) is 30.2 Å². The monoisotopic (exact) mass is 347 g/mol. The fraction of sp³-hybridized carbons (Fsp3) is 0.533. The zero-order valence-electron chi connectivity index (χ0n) is 12.7. The second-order valence-electron chi connectivity index (χ2n) is 5.42. The maximum atomic E-state index is 12.6. The quantitative estimate of drug-likeness (QED) is 0.721. The summed E-state index contributed by atoms with van der Waals surface area (Å²) in [4.78, 5) is 13.6. The van der Waals surface area contributed by atoms with Gasteiger partial charge >= 0.3 is 0 Å². The molecule has 0 N–H and O–H groups in total. The van der Waals surface area contributed by atoms with Crippen molar-refractivity contribution in [1.82, 2.24) is 4.90 Å². The lowest BCUT2D eigenvalue weighted by Crippen LogP contribution is -2.36. The van der Waals surface area contributed by atoms with E-state index in [1.165, 1.54) is 36.3 Å². The third-order valence-electron chi connectivity index (χ3n) is 3.60. The third kappa shape index (κ3) is 4.71. The standard InChI is InChI=1S/C15H19F2NO4S/c1-22-8-9-23(20,21)13-6-2-11(3-7-13)15(19)18(10-14(16)17)12-4-5-12/h2-3,6-7,12,14H,4-5,8-10H2,1H3. The number of methoxy groups -OCH3 is 1. The maximum absolute atomic E-state index is 12.6. The smallest absolute Gasteiger partial charge is 0.255 e. The van der Waals surface area contributed by atoms with Crippen molar-refractivity contribution >= 4 is 15.7 Å². The van der Waals surface area contributed by atoms with Gasteiger partial charge in [-0.1, -0.05) is 0 Å². The third-order valence-corrected chi connectivity index (χ3v) is 5.29. The predicted molar refractivity (Wildman–Crippen MR) is 80.4 cm³/mol. The Morgan fingerprint density at radius 1 is 1.30 bits per heavy atom. The van der Waals surface area contributed by atoms with Crippen molar-refractivity contribution in [1.29, 1.82) is 0 Å². The minimum Gasteiger partial charge on any atom is -0.384 e. The summed E-state index contributed by atoms with van der Waals surface area (Å²) < 4.78 is 53.9. The lowest BCUT2D eigenvalue weighted by Gasteiger charge is -2.22. The minimum atomic E-state index is -3.48. The molecule has 0 heterocycles. The van der Waals surface area contributed by atoms with E-state index in [2.05, 4.69) is 0 Å². The number of halogens is 2. The van der Waals surface area contributed by atoms with Crippen LogP contribution in [0.25, 0.3) is 0 Å². The van der Waals surface area contributed by atoms with Gasteiger partial charge in [0.1, 0.15) is 0 Å². The van der Waals surface area contributed by atoms with Crippen LogP contribution in [0.5, 0.6) is 0 Å². The van der Waals surface area contributed by atoms with Crippen LogP contribution in [-0.2, 0) is 14.6 Å². The van der Waals surface area contributed by atoms with E-state index >= 15 is 0 Å². The highest BCUT2D eigenvalue weighted by molar-refractivity contribution is 7.91. The van der Waals surface area contributed by atoms with Crippen molar-refractivity contribution in [3.05, 3.63) is 29.8 Å². The molecule has 1 aliphatic carbocycles. The Hall–Kier alpha value is -1.54. The predicted octanol–water partition coefficient (Wildman–Crippen LogP) is 1.98. The summed E-state index contributed by atoms with van der Waals surface area (Å²) in [6, 6.07) is 5.24. The van der Waals surface area contributed by atoms with Gasteiger partial charge in [0.25, 0.3) is 12.3 Å². The van der Waals surface area contributed by atoms with Crippen LogP contribution in [-0.4, -0.2) is 57.7 Å². The van der Waals surface area contributed by atoms with E-state index in [0.29, 0.717) is 0 Å². The number of hydrogen-bond donors (Lipinski definition) is 0. The first kappa shape index (κ1) is 17.8. The molecule has 2 rings (SSSR count). The summed E-state index contributed by atoms with van der Waals surface area (Å²) >= 11 is 0. The Bertz CT molecular complexity index is 642. The lowest BCUT2D eigenvalue weighted by molar-refractivity contribution is 0.0534. The summed E-state index contributed by atoms with van der Waals surface area (Å²) in [5.41, 5.74) is 0.211. The summed E-state index contributed by atoms with van der Waals surface area (Å²) in [5, 5.41) is 0. The molecule has 8 heteroatoms. The highest BCUT2D eigenvalue weighted by Crippen LogP contribution is 2.29. The summed E-state index contributed by atoms with van der Waals surface area (Å²) in [6.45, 7) is -0.524. The normalized spacial score (nSPS) is 15.0. The SMILES string of the molecule is COCCS(=O)(=O)c1ccc(C(=O)N(CC(F)F)C2CC2)cc1. The largest absolute Gasteiger partial charge is 0.384 e. The number of carbonyl (C=O) groups is 1. The molecule has 1 aliphatic rings. The molecule has 128 valence electrons. The Morgan fingerprint density at radius 2 is 1.91 bits per heavy atom. The second-order valence-corrected chi connectivity index (χ2v) is 7.52. The Morgan fingerprint density at radius 3 is 2.39 bits per heavy atom. The number of amides is 1. The lowest BCUT2D eigenvalue weighted by atomic mass is 10.2. The van der Waals surface area contributed by atoms with Gasteiger partial charge in [-0.15, -0.1) is 0 Å². The molecular formula is C15H19F2NO4S. The Kier molecular flexibility index (Phi) is 5.69. The number of carbonyl (C=O) groups excluding carboxylic acids is 1. The van der Waals surface area contributed by atoms with Gasteiger partial charge in [0.2, 0.25) is 0 Å². The van der Waals surface area contributed by atoms with Gasteiger partial charge in [-0.25, -0.2) is 17.2 Å². The molecule has 0 radical (unpaired) electrons. The van der Waals surface area contributed by atoms with Crippen LogP contribution < -0.4 is 0 Å². The molecule has 23 heavy (non-hydrogen) atoms. The first-order valence-electron chi connectivity index (χ1n) is 7.26. The van der Waals surface area contributed by atoms with Crippen LogP contribution in [0.15, 0.2) is 29.2 Å². The topological polar surface area (TPSA) is 63.7 Å². The fourth-order valence-electron chi connectivity index (χ4n) is 2.21. The zero-order chi connectivity index (χ0) is 17.0. The van der Waals surface area contributed by atoms with Crippen molar-refractivity contribution in [2.75, 3.05) is 26.0 Å². The summed E-state index contributed by atoms with van der Waals surface area (Å²) in [5.74, 6) is -0.648. The molecule has 0 aromatic heterocycles. The van der Waals surface area contributed by atoms with Crippen LogP contribution in [0.4, 0.5) is 8.78 Å². The molecule has 0 unspecified atom stereocenters. The second kappa shape index (κ2) is 7.35. The van der Waals surface area contributed by atoms with Gasteiger partial charge in [-0.3, -0.25) is 4.79 Å². The molecule has 5 nitrogen and oxygen atoms in total. The number of benzene rings is 1. The molecule has 1 saturated carbocycles. The summed E-state index contributed by atoms with van der Waals surface area (Å²) in [6.07, 6.45) is -1.14. The molecule has 1 aromatic carbocycles. The molecule has 1 fully saturated rings. The number of nitrogens with zero attached hydrogens (tertiary/aromatic N) is 1. The van der Waals surface area contributed by atoms with Gasteiger partial charge < -0.3 is 9.64 Å². The van der Waals surface area contributed by atoms with E-state index in [1.807, 2.05) is 0 Å². The van der Waals surface area contributed by atoms with E-state index < -0.39 is 28.7 Å². The van der Waals surface area contributed by atoms with Gasteiger partial charge in [-0.2, -0.15) is 0 Å². The Balaban J connectivity index is 2.13. The van der Waals surface area contributed by atoms with E-state index in [-0.39, 0.29) is 28.9 Å². The van der Waals surface area contributed by atoms with Crippen molar-refractivity contribution < 1.29 is 26.7 Å². The van der Waals surface area contributed by atoms with E-state index in [1.54, 1.807) is 0 Å². The highest BCUT2D eigenvalue weighted by atomic mass is 32.2. The highest BCUT2D eigenvalue weighted by Gasteiger charge is 2.34. The molecule has 0 saturated heterocycles. The zero-order valence-corrected chi connectivity index (χ0v) is 13.6. The molecule has 0 aliphatic heterocycles. The van der Waals surface area contributed by atoms with E-state index in [4.69, 9.17) is 4.74 Å². The van der Waals surface area contributed by atoms with Crippen molar-refractivity contribution in [3.8, 4) is 0 Å². The van der Waals surface area contributed by atoms with Crippen molar-refractivity contribution in [2.24, 2.45) is 0 Å². The number of alkyl halides is 2. The van der Waals surface area contributed by atoms with Gasteiger partial charge in [0.15, 0.2) is 9.84 Å². The fourth-order valence-corrected chi connectivity index (χ4v) is 3.39. The van der Waals surface area contributed by atoms with E-state index in [0.717, 1.165) is 12.8 Å². The van der Waals surface area contributed by atoms with Crippen LogP contribution in [0.2, 0.25) is 0 Å². The van der Waals surface area contributed by atoms with Gasteiger partial charge in [0, 0.05) is 18.7 Å². The first-order chi connectivity index (χ1) is 10.8. The number of rotatable bonds is 8. The van der Waals surface area contributed by atoms with Crippen LogP contribution in [0.1, 0.15) is 23.2 Å². The first-order valence-corrected chi connectivity index (χ1v) is 8.91. The average Bonchev–Trinajstić information content (AvgIpc) is 3.35. The summed E-state index contributed by atoms with van der Waals surface area (Å²) in [7, 11) is -2.07. The number of hydrogen-bond acceptors (Lipinski definition) is 4. The van der Waals surface area contributed by atoms with Crippen LogP contribution >= 0.6 is 0 Å². The minimum absolute atomic E-state index is 0.0763. The van der Waals surface area contributed by atoms with Crippen molar-refractivity contribution in [3.63, 3.8) is 0 Å². The van der Waals surface area contributed by atoms with E-state index in [9.17, 15) is 22.0 Å².